The summed E-state index contributed by atoms with van der Waals surface area (Å²) in [4.78, 5) is 12.6. The zero-order valence-corrected chi connectivity index (χ0v) is 10.8. The average molecular weight is 303 g/mol. The molecule has 3 heteroatoms. The van der Waals surface area contributed by atoms with Gasteiger partial charge >= 0.3 is 81.4 Å². The number of ether oxygens (including phenoxy) is 1. The first-order valence-corrected chi connectivity index (χ1v) is 16.8. The van der Waals surface area contributed by atoms with Crippen molar-refractivity contribution in [2.45, 2.75) is 51.5 Å². The van der Waals surface area contributed by atoms with Gasteiger partial charge in [-0.2, -0.15) is 0 Å². The topological polar surface area (TPSA) is 26.3 Å². The van der Waals surface area contributed by atoms with Gasteiger partial charge in [0.05, 0.1) is 0 Å². The molecule has 0 amide bonds. The first-order valence-electron chi connectivity index (χ1n) is 6.91. The van der Waals surface area contributed by atoms with Gasteiger partial charge in [-0.05, 0) is 0 Å². The van der Waals surface area contributed by atoms with Gasteiger partial charge < -0.3 is 0 Å². The Hall–Kier alpha value is 0.0934. The molecule has 10 saturated heterocycles. The Morgan fingerprint density at radius 3 is 1.81 bits per heavy atom. The number of esters is 1. The molecule has 0 aromatic heterocycles. The second-order valence-electron chi connectivity index (χ2n) is 10.4. The van der Waals surface area contributed by atoms with Gasteiger partial charge in [-0.15, -0.1) is 0 Å². The first kappa shape index (κ1) is 5.82. The zero-order chi connectivity index (χ0) is 10.0. The molecule has 10 heterocycles. The van der Waals surface area contributed by atoms with Crippen LogP contribution in [0.3, 0.4) is 0 Å². The number of hydrogen-bond donors (Lipinski definition) is 0. The van der Waals surface area contributed by atoms with Crippen molar-refractivity contribution >= 4 is 5.97 Å². The van der Waals surface area contributed by atoms with Crippen molar-refractivity contribution < 1.29 is 17.3 Å². The van der Waals surface area contributed by atoms with Crippen LogP contribution in [-0.4, -0.2) is 12.6 Å². The Labute approximate surface area is 81.4 Å². The summed E-state index contributed by atoms with van der Waals surface area (Å²) in [5.74, 6) is 0.357. The molecule has 0 aromatic rings. The van der Waals surface area contributed by atoms with Crippen molar-refractivity contribution in [3.8, 4) is 0 Å². The molecule has 16 heavy (non-hydrogen) atoms. The van der Waals surface area contributed by atoms with Gasteiger partial charge in [0.15, 0.2) is 0 Å². The predicted molar refractivity (Wildman–Crippen MR) is 53.1 cm³/mol. The van der Waals surface area contributed by atoms with E-state index in [1.165, 1.54) is 31.6 Å². The molecule has 0 aliphatic carbocycles. The van der Waals surface area contributed by atoms with E-state index in [0.29, 0.717) is 16.6 Å². The molecule has 4 atom stereocenters. The summed E-state index contributed by atoms with van der Waals surface area (Å²) in [5.41, 5.74) is 0. The van der Waals surface area contributed by atoms with Gasteiger partial charge in [-0.3, -0.25) is 0 Å². The van der Waals surface area contributed by atoms with E-state index in [2.05, 4.69) is 0 Å². The van der Waals surface area contributed by atoms with E-state index in [4.69, 9.17) is 4.74 Å². The van der Waals surface area contributed by atoms with Crippen molar-refractivity contribution in [3.05, 3.63) is 0 Å². The van der Waals surface area contributed by atoms with Crippen LogP contribution in [0.1, 0.15) is 6.92 Å². The molecule has 0 saturated carbocycles. The minimum absolute atomic E-state index is 0.357. The van der Waals surface area contributed by atoms with Gasteiger partial charge in [-0.1, -0.05) is 0 Å². The van der Waals surface area contributed by atoms with Crippen molar-refractivity contribution in [1.29, 1.82) is 0 Å². The van der Waals surface area contributed by atoms with Crippen LogP contribution in [0.15, 0.2) is 0 Å². The molecular weight excluding hydrogens is 289 g/mol. The zero-order valence-electron chi connectivity index (χ0n) is 9.07. The fourth-order valence-electron chi connectivity index (χ4n) is 17.0. The number of rotatable bonds is 2. The van der Waals surface area contributed by atoms with E-state index in [0.717, 1.165) is 9.02 Å². The fraction of sp³-hybridized carbons (Fsp3) is 0.923. The maximum atomic E-state index is 12.6. The predicted octanol–water partition coefficient (Wildman–Crippen LogP) is 3.31. The molecule has 10 rings (SSSR count). The fourth-order valence-corrected chi connectivity index (χ4v) is 149. The average Bonchev–Trinajstić information content (AvgIpc) is 3.23. The van der Waals surface area contributed by atoms with Gasteiger partial charge in [0, 0.05) is 0 Å². The van der Waals surface area contributed by atoms with Gasteiger partial charge in [0.2, 0.25) is 0 Å². The summed E-state index contributed by atoms with van der Waals surface area (Å²) < 4.78 is 17.0. The van der Waals surface area contributed by atoms with Gasteiger partial charge in [0.25, 0.3) is 0 Å². The van der Waals surface area contributed by atoms with Crippen molar-refractivity contribution in [3.63, 3.8) is 0 Å². The number of fused-ring (bicyclic) bond motifs is 10. The van der Waals surface area contributed by atoms with Crippen molar-refractivity contribution in [2.24, 2.45) is 0 Å². The summed E-state index contributed by atoms with van der Waals surface area (Å²) in [7, 11) is -3.40. The van der Waals surface area contributed by atoms with E-state index < -0.39 is 7.72 Å². The third-order valence-electron chi connectivity index (χ3n) is 15.3. The Bertz CT molecular complexity index is 879. The standard InChI is InChI=1S/C8H9O2.C5H5.Ru/c1-2-10-8(9)7-5-3-4-6-7;1-2-4-5-3-1;/h3-6H,2H2,1H3;1-5H;. The van der Waals surface area contributed by atoms with Gasteiger partial charge in [0.1, 0.15) is 0 Å². The third kappa shape index (κ3) is 0.0490. The quantitative estimate of drug-likeness (QED) is 0.578. The van der Waals surface area contributed by atoms with Crippen molar-refractivity contribution in [2.75, 3.05) is 6.61 Å². The van der Waals surface area contributed by atoms with Crippen LogP contribution in [0.4, 0.5) is 0 Å². The van der Waals surface area contributed by atoms with E-state index in [1.54, 1.807) is 0 Å². The monoisotopic (exact) mass is 304 g/mol. The molecule has 0 N–H and O–H groups in total. The van der Waals surface area contributed by atoms with Crippen LogP contribution >= 0.6 is 0 Å². The van der Waals surface area contributed by atoms with Crippen LogP contribution < -0.4 is 0 Å². The molecule has 0 aromatic carbocycles. The van der Waals surface area contributed by atoms with Gasteiger partial charge in [-0.25, -0.2) is 0 Å². The molecule has 10 aliphatic heterocycles. The molecule has 1 spiro atoms. The summed E-state index contributed by atoms with van der Waals surface area (Å²) in [6.07, 6.45) is 0. The number of hydrogen-bond acceptors (Lipinski definition) is 2. The molecular formula is C13H14O2Ru. The summed E-state index contributed by atoms with van der Waals surface area (Å²) in [6.45, 7) is 2.62. The second-order valence-corrected chi connectivity index (χ2v) is 47.5. The second kappa shape index (κ2) is 0.434. The normalized spacial score (nSPS) is 125. The molecule has 10 aliphatic rings. The van der Waals surface area contributed by atoms with Crippen LogP contribution in [0.5, 0.6) is 0 Å². The summed E-state index contributed by atoms with van der Waals surface area (Å²) in [5, 5.41) is 0. The summed E-state index contributed by atoms with van der Waals surface area (Å²) in [6, 6.07) is 0. The third-order valence-corrected chi connectivity index (χ3v) is 81.8. The first-order chi connectivity index (χ1) is 7.53. The van der Waals surface area contributed by atoms with E-state index in [-0.39, 0.29) is 0 Å². The Kier molecular flexibility index (Phi) is 0.158. The molecule has 10 fully saturated rings. The van der Waals surface area contributed by atoms with Crippen LogP contribution in [0.25, 0.3) is 0 Å². The van der Waals surface area contributed by atoms with Crippen LogP contribution in [0, 0.1) is 0 Å². The molecule has 86 valence electrons. The molecule has 0 radical (unpaired) electrons. The van der Waals surface area contributed by atoms with Crippen molar-refractivity contribution in [1.82, 2.24) is 0 Å². The number of carbonyl (C=O) groups excluding carboxylic acids is 1. The molecule has 4 unspecified atom stereocenters. The Morgan fingerprint density at radius 2 is 1.56 bits per heavy atom. The van der Waals surface area contributed by atoms with Crippen LogP contribution in [-0.2, 0) is 17.3 Å². The summed E-state index contributed by atoms with van der Waals surface area (Å²) >= 11 is 0. The molecule has 2 nitrogen and oxygen atoms in total. The maximum absolute atomic E-state index is 12.6. The minimum atomic E-state index is -3.40. The Morgan fingerprint density at radius 1 is 1.06 bits per heavy atom. The Balaban J connectivity index is 1.63. The SMILES string of the molecule is CCOC(=O)[C]12[CH]3[CH]4[CH]5[CH]1[Ru]45321678[CH]2[CH]1[CH]6[CH]7[CH]28. The number of carbonyl (C=O) groups is 1. The van der Waals surface area contributed by atoms with E-state index in [1.807, 2.05) is 6.92 Å². The molecule has 0 bridgehead atoms. The van der Waals surface area contributed by atoms with E-state index >= 15 is 0 Å². The van der Waals surface area contributed by atoms with Crippen LogP contribution in [0.2, 0.25) is 44.6 Å². The van der Waals surface area contributed by atoms with E-state index in [9.17, 15) is 4.79 Å².